The van der Waals surface area contributed by atoms with Crippen LogP contribution in [-0.2, 0) is 17.8 Å². The van der Waals surface area contributed by atoms with Crippen molar-refractivity contribution in [3.05, 3.63) is 65.2 Å². The van der Waals surface area contributed by atoms with E-state index in [4.69, 9.17) is 5.26 Å². The third-order valence-corrected chi connectivity index (χ3v) is 5.12. The van der Waals surface area contributed by atoms with Crippen LogP contribution in [0.4, 0.5) is 5.69 Å². The number of rotatable bonds is 5. The molecule has 0 saturated carbocycles. The molecule has 4 heteroatoms. The number of benzene rings is 2. The molecule has 0 aromatic heterocycles. The van der Waals surface area contributed by atoms with Crippen LogP contribution >= 0.6 is 0 Å². The molecule has 0 radical (unpaired) electrons. The summed E-state index contributed by atoms with van der Waals surface area (Å²) in [7, 11) is 0. The molecule has 0 atom stereocenters. The van der Waals surface area contributed by atoms with E-state index in [9.17, 15) is 4.79 Å². The minimum atomic E-state index is 0.0712. The predicted octanol–water partition coefficient (Wildman–Crippen LogP) is 3.91. The molecule has 134 valence electrons. The molecule has 0 spiro atoms. The van der Waals surface area contributed by atoms with Gasteiger partial charge < -0.3 is 5.32 Å². The summed E-state index contributed by atoms with van der Waals surface area (Å²) < 4.78 is 0. The van der Waals surface area contributed by atoms with E-state index < -0.39 is 0 Å². The van der Waals surface area contributed by atoms with Crippen molar-refractivity contribution in [1.29, 1.82) is 5.26 Å². The van der Waals surface area contributed by atoms with Crippen LogP contribution in [0, 0.1) is 24.2 Å². The first-order chi connectivity index (χ1) is 12.7. The van der Waals surface area contributed by atoms with E-state index in [-0.39, 0.29) is 11.8 Å². The Bertz CT molecular complexity index is 784. The summed E-state index contributed by atoms with van der Waals surface area (Å²) in [4.78, 5) is 14.9. The topological polar surface area (TPSA) is 56.1 Å². The van der Waals surface area contributed by atoms with Gasteiger partial charge in [-0.1, -0.05) is 36.4 Å². The van der Waals surface area contributed by atoms with Crippen molar-refractivity contribution in [2.75, 3.05) is 18.4 Å². The Kier molecular flexibility index (Phi) is 6.04. The smallest absolute Gasteiger partial charge is 0.227 e. The first-order valence-electron chi connectivity index (χ1n) is 9.19. The maximum atomic E-state index is 12.5. The zero-order valence-corrected chi connectivity index (χ0v) is 15.2. The first-order valence-corrected chi connectivity index (χ1v) is 9.19. The number of hydrogen-bond donors (Lipinski definition) is 1. The van der Waals surface area contributed by atoms with Crippen LogP contribution in [0.1, 0.15) is 29.5 Å². The highest BCUT2D eigenvalue weighted by Gasteiger charge is 2.25. The highest BCUT2D eigenvalue weighted by molar-refractivity contribution is 5.92. The first kappa shape index (κ1) is 18.2. The fourth-order valence-electron chi connectivity index (χ4n) is 3.42. The van der Waals surface area contributed by atoms with Crippen LogP contribution in [-0.4, -0.2) is 23.9 Å². The summed E-state index contributed by atoms with van der Waals surface area (Å²) in [6, 6.07) is 18.2. The quantitative estimate of drug-likeness (QED) is 0.892. The molecule has 1 fully saturated rings. The molecular formula is C22H25N3O. The van der Waals surface area contributed by atoms with E-state index in [1.807, 2.05) is 24.3 Å². The third kappa shape index (κ3) is 4.71. The number of amides is 1. The van der Waals surface area contributed by atoms with E-state index in [1.54, 1.807) is 0 Å². The summed E-state index contributed by atoms with van der Waals surface area (Å²) in [5.74, 6) is 0.176. The molecule has 1 saturated heterocycles. The van der Waals surface area contributed by atoms with Gasteiger partial charge in [-0.15, -0.1) is 0 Å². The Balaban J connectivity index is 1.49. The maximum absolute atomic E-state index is 12.5. The number of nitriles is 1. The van der Waals surface area contributed by atoms with E-state index >= 15 is 0 Å². The Hall–Kier alpha value is -2.64. The molecule has 1 heterocycles. The minimum absolute atomic E-state index is 0.0712. The second-order valence-electron chi connectivity index (χ2n) is 7.00. The van der Waals surface area contributed by atoms with Crippen LogP contribution in [0.5, 0.6) is 0 Å². The lowest BCUT2D eigenvalue weighted by Gasteiger charge is -2.31. The molecule has 3 rings (SSSR count). The molecule has 1 N–H and O–H groups in total. The number of anilines is 1. The van der Waals surface area contributed by atoms with Crippen LogP contribution in [0.3, 0.4) is 0 Å². The second-order valence-corrected chi connectivity index (χ2v) is 7.00. The molecule has 0 aliphatic carbocycles. The Labute approximate surface area is 155 Å². The van der Waals surface area contributed by atoms with E-state index in [0.29, 0.717) is 6.42 Å². The maximum Gasteiger partial charge on any atom is 0.227 e. The number of nitrogens with zero attached hydrogens (tertiary/aromatic N) is 2. The van der Waals surface area contributed by atoms with Gasteiger partial charge in [-0.2, -0.15) is 5.26 Å². The normalized spacial score (nSPS) is 15.4. The Morgan fingerprint density at radius 3 is 2.50 bits per heavy atom. The van der Waals surface area contributed by atoms with Crippen molar-refractivity contribution in [3.8, 4) is 6.07 Å². The zero-order valence-electron chi connectivity index (χ0n) is 15.2. The Morgan fingerprint density at radius 2 is 1.85 bits per heavy atom. The number of nitrogens with one attached hydrogen (secondary N) is 1. The highest BCUT2D eigenvalue weighted by Crippen LogP contribution is 2.22. The number of likely N-dealkylation sites (tertiary alicyclic amines) is 1. The van der Waals surface area contributed by atoms with Crippen molar-refractivity contribution < 1.29 is 4.79 Å². The second kappa shape index (κ2) is 8.64. The number of piperidine rings is 1. The summed E-state index contributed by atoms with van der Waals surface area (Å²) in [6.07, 6.45) is 2.18. The molecule has 0 unspecified atom stereocenters. The number of aryl methyl sites for hydroxylation is 1. The fourth-order valence-corrected chi connectivity index (χ4v) is 3.42. The lowest BCUT2D eigenvalue weighted by Crippen LogP contribution is -2.37. The average molecular weight is 347 g/mol. The monoisotopic (exact) mass is 347 g/mol. The molecular weight excluding hydrogens is 322 g/mol. The number of hydrogen-bond acceptors (Lipinski definition) is 3. The highest BCUT2D eigenvalue weighted by atomic mass is 16.1. The standard InChI is InChI=1S/C22H25N3O/c1-17-4-2-3-5-20(17)16-25-14-11-19(12-15-25)22(26)24-21-8-6-18(7-9-21)10-13-23/h2-9,19H,10-12,14-16H2,1H3,(H,24,26). The number of carbonyl (C=O) groups excluding carboxylic acids is 1. The number of carbonyl (C=O) groups is 1. The molecule has 1 amide bonds. The van der Waals surface area contributed by atoms with E-state index in [0.717, 1.165) is 43.7 Å². The summed E-state index contributed by atoms with van der Waals surface area (Å²) in [5, 5.41) is 11.7. The lowest BCUT2D eigenvalue weighted by molar-refractivity contribution is -0.121. The van der Waals surface area contributed by atoms with Crippen molar-refractivity contribution in [3.63, 3.8) is 0 Å². The van der Waals surface area contributed by atoms with Gasteiger partial charge >= 0.3 is 0 Å². The summed E-state index contributed by atoms with van der Waals surface area (Å²) in [6.45, 7) is 5.01. The van der Waals surface area contributed by atoms with Crippen molar-refractivity contribution in [2.24, 2.45) is 5.92 Å². The van der Waals surface area contributed by atoms with Gasteiger partial charge in [0.1, 0.15) is 0 Å². The van der Waals surface area contributed by atoms with E-state index in [1.165, 1.54) is 11.1 Å². The molecule has 2 aromatic rings. The van der Waals surface area contributed by atoms with Crippen molar-refractivity contribution in [2.45, 2.75) is 32.7 Å². The average Bonchev–Trinajstić information content (AvgIpc) is 2.66. The fraction of sp³-hybridized carbons (Fsp3) is 0.364. The summed E-state index contributed by atoms with van der Waals surface area (Å²) in [5.41, 5.74) is 4.47. The van der Waals surface area contributed by atoms with Gasteiger partial charge in [-0.25, -0.2) is 0 Å². The molecule has 1 aliphatic heterocycles. The lowest BCUT2D eigenvalue weighted by atomic mass is 9.95. The van der Waals surface area contributed by atoms with Crippen LogP contribution in [0.15, 0.2) is 48.5 Å². The molecule has 1 aliphatic rings. The van der Waals surface area contributed by atoms with Gasteiger partial charge in [0.15, 0.2) is 0 Å². The van der Waals surface area contributed by atoms with Gasteiger partial charge in [0.2, 0.25) is 5.91 Å². The molecule has 2 aromatic carbocycles. The molecule has 4 nitrogen and oxygen atoms in total. The van der Waals surface area contributed by atoms with Gasteiger partial charge in [-0.3, -0.25) is 9.69 Å². The van der Waals surface area contributed by atoms with Gasteiger partial charge in [0.25, 0.3) is 0 Å². The Morgan fingerprint density at radius 1 is 1.15 bits per heavy atom. The SMILES string of the molecule is Cc1ccccc1CN1CCC(C(=O)Nc2ccc(CC#N)cc2)CC1. The van der Waals surface area contributed by atoms with Crippen LogP contribution in [0.25, 0.3) is 0 Å². The minimum Gasteiger partial charge on any atom is -0.326 e. The van der Waals surface area contributed by atoms with E-state index in [2.05, 4.69) is 47.5 Å². The molecule has 26 heavy (non-hydrogen) atoms. The van der Waals surface area contributed by atoms with Crippen LogP contribution < -0.4 is 5.32 Å². The summed E-state index contributed by atoms with van der Waals surface area (Å²) >= 11 is 0. The largest absolute Gasteiger partial charge is 0.326 e. The van der Waals surface area contributed by atoms with Gasteiger partial charge in [0, 0.05) is 18.2 Å². The van der Waals surface area contributed by atoms with Crippen molar-refractivity contribution in [1.82, 2.24) is 4.90 Å². The third-order valence-electron chi connectivity index (χ3n) is 5.12. The van der Waals surface area contributed by atoms with Crippen LogP contribution in [0.2, 0.25) is 0 Å². The van der Waals surface area contributed by atoms with Gasteiger partial charge in [-0.05, 0) is 61.7 Å². The predicted molar refractivity (Wildman–Crippen MR) is 104 cm³/mol. The molecule has 0 bridgehead atoms. The van der Waals surface area contributed by atoms with Gasteiger partial charge in [0.05, 0.1) is 12.5 Å². The van der Waals surface area contributed by atoms with Crippen molar-refractivity contribution >= 4 is 11.6 Å². The zero-order chi connectivity index (χ0) is 18.4.